The highest BCUT2D eigenvalue weighted by molar-refractivity contribution is 4.88. The number of nitrogens with zero attached hydrogens (tertiary/aromatic N) is 1. The van der Waals surface area contributed by atoms with Crippen molar-refractivity contribution in [3.63, 3.8) is 0 Å². The summed E-state index contributed by atoms with van der Waals surface area (Å²) in [7, 11) is 1.68. The molecule has 1 unspecified atom stereocenters. The number of nitriles is 1. The maximum Gasteiger partial charge on any atom is 0.0729 e. The zero-order chi connectivity index (χ0) is 6.69. The van der Waals surface area contributed by atoms with Crippen LogP contribution < -0.4 is 0 Å². The molecule has 1 rings (SSSR count). The monoisotopic (exact) mass is 125 g/mol. The van der Waals surface area contributed by atoms with Crippen LogP contribution in [0.1, 0.15) is 19.3 Å². The second-order valence-electron chi connectivity index (χ2n) is 2.47. The summed E-state index contributed by atoms with van der Waals surface area (Å²) in [4.78, 5) is 0. The minimum absolute atomic E-state index is 0.218. The summed E-state index contributed by atoms with van der Waals surface area (Å²) in [6.45, 7) is 0. The van der Waals surface area contributed by atoms with Gasteiger partial charge in [-0.05, 0) is 18.8 Å². The van der Waals surface area contributed by atoms with Crippen molar-refractivity contribution < 1.29 is 4.74 Å². The molecule has 0 radical (unpaired) electrons. The quantitative estimate of drug-likeness (QED) is 0.570. The van der Waals surface area contributed by atoms with Gasteiger partial charge < -0.3 is 4.74 Å². The highest BCUT2D eigenvalue weighted by Gasteiger charge is 2.30. The maximum absolute atomic E-state index is 8.31. The lowest BCUT2D eigenvalue weighted by Crippen LogP contribution is -2.11. The van der Waals surface area contributed by atoms with Crippen LogP contribution in [0.5, 0.6) is 0 Å². The van der Waals surface area contributed by atoms with Gasteiger partial charge in [0.2, 0.25) is 0 Å². The summed E-state index contributed by atoms with van der Waals surface area (Å²) < 4.78 is 5.09. The first-order chi connectivity index (χ1) is 4.38. The first kappa shape index (κ1) is 6.57. The topological polar surface area (TPSA) is 33.0 Å². The lowest BCUT2D eigenvalue weighted by atomic mass is 10.2. The Morgan fingerprint density at radius 2 is 2.44 bits per heavy atom. The second-order valence-corrected chi connectivity index (χ2v) is 2.47. The van der Waals surface area contributed by atoms with Crippen molar-refractivity contribution in [2.24, 2.45) is 5.92 Å². The molecular weight excluding hydrogens is 114 g/mol. The van der Waals surface area contributed by atoms with Gasteiger partial charge in [0.1, 0.15) is 0 Å². The first-order valence-electron chi connectivity index (χ1n) is 3.28. The van der Waals surface area contributed by atoms with Crippen LogP contribution in [0.25, 0.3) is 0 Å². The van der Waals surface area contributed by atoms with E-state index in [4.69, 9.17) is 10.00 Å². The zero-order valence-corrected chi connectivity index (χ0v) is 5.63. The summed E-state index contributed by atoms with van der Waals surface area (Å²) in [6, 6.07) is 2.12. The van der Waals surface area contributed by atoms with Gasteiger partial charge in [0.25, 0.3) is 0 Å². The molecule has 0 bridgehead atoms. The molecule has 50 valence electrons. The predicted molar refractivity (Wildman–Crippen MR) is 33.8 cm³/mol. The van der Waals surface area contributed by atoms with Gasteiger partial charge in [0.05, 0.1) is 18.6 Å². The Morgan fingerprint density at radius 1 is 1.78 bits per heavy atom. The highest BCUT2D eigenvalue weighted by Crippen LogP contribution is 2.35. The van der Waals surface area contributed by atoms with Crippen LogP contribution >= 0.6 is 0 Å². The van der Waals surface area contributed by atoms with E-state index in [0.717, 1.165) is 0 Å². The fourth-order valence-electron chi connectivity index (χ4n) is 1.00. The number of ether oxygens (including phenoxy) is 1. The molecule has 0 heterocycles. The van der Waals surface area contributed by atoms with E-state index >= 15 is 0 Å². The Hall–Kier alpha value is -0.550. The largest absolute Gasteiger partial charge is 0.380 e. The van der Waals surface area contributed by atoms with Gasteiger partial charge in [-0.15, -0.1) is 0 Å². The molecular formula is C7H11NO. The Bertz CT molecular complexity index is 123. The molecule has 1 aliphatic carbocycles. The molecule has 1 aliphatic rings. The second kappa shape index (κ2) is 2.84. The van der Waals surface area contributed by atoms with Crippen LogP contribution in [0.3, 0.4) is 0 Å². The Kier molecular flexibility index (Phi) is 2.07. The molecule has 0 aliphatic heterocycles. The van der Waals surface area contributed by atoms with Gasteiger partial charge in [-0.25, -0.2) is 0 Å². The minimum Gasteiger partial charge on any atom is -0.380 e. The highest BCUT2D eigenvalue weighted by atomic mass is 16.5. The van der Waals surface area contributed by atoms with Gasteiger partial charge in [-0.2, -0.15) is 5.26 Å². The predicted octanol–water partition coefficient (Wildman–Crippen LogP) is 1.33. The van der Waals surface area contributed by atoms with E-state index in [1.54, 1.807) is 7.11 Å². The number of methoxy groups -OCH3 is 1. The van der Waals surface area contributed by atoms with Crippen molar-refractivity contribution in [2.75, 3.05) is 7.11 Å². The molecule has 2 nitrogen and oxygen atoms in total. The maximum atomic E-state index is 8.31. The summed E-state index contributed by atoms with van der Waals surface area (Å²) in [5.41, 5.74) is 0. The standard InChI is InChI=1S/C7H11NO/c1-9-7(4-5-8)6-2-3-6/h6-7H,2-4H2,1H3. The molecule has 0 aromatic rings. The van der Waals surface area contributed by atoms with Crippen LogP contribution in [0.4, 0.5) is 0 Å². The van der Waals surface area contributed by atoms with Crippen LogP contribution in [-0.4, -0.2) is 13.2 Å². The molecule has 9 heavy (non-hydrogen) atoms. The fraction of sp³-hybridized carbons (Fsp3) is 0.857. The van der Waals surface area contributed by atoms with Gasteiger partial charge in [0, 0.05) is 7.11 Å². The van der Waals surface area contributed by atoms with E-state index in [1.807, 2.05) is 0 Å². The molecule has 1 atom stereocenters. The van der Waals surface area contributed by atoms with E-state index in [0.29, 0.717) is 12.3 Å². The third-order valence-corrected chi connectivity index (χ3v) is 1.74. The molecule has 1 fully saturated rings. The van der Waals surface area contributed by atoms with Crippen molar-refractivity contribution in [1.29, 1.82) is 5.26 Å². The Labute approximate surface area is 55.4 Å². The van der Waals surface area contributed by atoms with Crippen molar-refractivity contribution in [3.05, 3.63) is 0 Å². The molecule has 0 aromatic heterocycles. The molecule has 0 aromatic carbocycles. The fourth-order valence-corrected chi connectivity index (χ4v) is 1.00. The summed E-state index contributed by atoms with van der Waals surface area (Å²) in [5, 5.41) is 8.31. The van der Waals surface area contributed by atoms with Crippen molar-refractivity contribution >= 4 is 0 Å². The van der Waals surface area contributed by atoms with Gasteiger partial charge in [-0.3, -0.25) is 0 Å². The smallest absolute Gasteiger partial charge is 0.0729 e. The molecule has 0 saturated heterocycles. The van der Waals surface area contributed by atoms with Crippen molar-refractivity contribution in [2.45, 2.75) is 25.4 Å². The van der Waals surface area contributed by atoms with E-state index in [2.05, 4.69) is 6.07 Å². The zero-order valence-electron chi connectivity index (χ0n) is 5.63. The molecule has 2 heteroatoms. The van der Waals surface area contributed by atoms with E-state index in [9.17, 15) is 0 Å². The lowest BCUT2D eigenvalue weighted by Gasteiger charge is -2.07. The van der Waals surface area contributed by atoms with Crippen LogP contribution in [0.2, 0.25) is 0 Å². The molecule has 0 N–H and O–H groups in total. The Morgan fingerprint density at radius 3 is 2.78 bits per heavy atom. The summed E-state index contributed by atoms with van der Waals surface area (Å²) >= 11 is 0. The average molecular weight is 125 g/mol. The molecule has 0 amide bonds. The van der Waals surface area contributed by atoms with Crippen molar-refractivity contribution in [3.8, 4) is 6.07 Å². The SMILES string of the molecule is COC(CC#N)C1CC1. The van der Waals surface area contributed by atoms with E-state index < -0.39 is 0 Å². The third-order valence-electron chi connectivity index (χ3n) is 1.74. The molecule has 0 spiro atoms. The number of rotatable bonds is 3. The number of hydrogen-bond acceptors (Lipinski definition) is 2. The van der Waals surface area contributed by atoms with E-state index in [-0.39, 0.29) is 6.10 Å². The van der Waals surface area contributed by atoms with Crippen LogP contribution in [-0.2, 0) is 4.74 Å². The first-order valence-corrected chi connectivity index (χ1v) is 3.28. The third kappa shape index (κ3) is 1.69. The van der Waals surface area contributed by atoms with Gasteiger partial charge >= 0.3 is 0 Å². The summed E-state index contributed by atoms with van der Waals surface area (Å²) in [6.07, 6.45) is 3.27. The average Bonchev–Trinajstić information content (AvgIpc) is 2.64. The summed E-state index contributed by atoms with van der Waals surface area (Å²) in [5.74, 6) is 0.689. The molecule has 1 saturated carbocycles. The Balaban J connectivity index is 2.22. The van der Waals surface area contributed by atoms with Gasteiger partial charge in [0.15, 0.2) is 0 Å². The van der Waals surface area contributed by atoms with Crippen LogP contribution in [0.15, 0.2) is 0 Å². The van der Waals surface area contributed by atoms with E-state index in [1.165, 1.54) is 12.8 Å². The van der Waals surface area contributed by atoms with Gasteiger partial charge in [-0.1, -0.05) is 0 Å². The minimum atomic E-state index is 0.218. The van der Waals surface area contributed by atoms with Crippen LogP contribution in [0, 0.1) is 17.2 Å². The number of hydrogen-bond donors (Lipinski definition) is 0. The van der Waals surface area contributed by atoms with Crippen molar-refractivity contribution in [1.82, 2.24) is 0 Å². The lowest BCUT2D eigenvalue weighted by molar-refractivity contribution is 0.0884. The normalized spacial score (nSPS) is 20.9.